The highest BCUT2D eigenvalue weighted by Gasteiger charge is 2.29. The molecule has 27 heavy (non-hydrogen) atoms. The second-order valence-electron chi connectivity index (χ2n) is 6.15. The van der Waals surface area contributed by atoms with Gasteiger partial charge in [0, 0.05) is 50.3 Å². The Hall–Kier alpha value is -2.49. The molecule has 3 rings (SSSR count). The van der Waals surface area contributed by atoms with Crippen LogP contribution in [-0.4, -0.2) is 68.3 Å². The Morgan fingerprint density at radius 2 is 1.96 bits per heavy atom. The Bertz CT molecular complexity index is 881. The van der Waals surface area contributed by atoms with Crippen molar-refractivity contribution < 1.29 is 17.9 Å². The third-order valence-electron chi connectivity index (χ3n) is 4.32. The number of methoxy groups -OCH3 is 1. The summed E-state index contributed by atoms with van der Waals surface area (Å²) in [4.78, 5) is 18.2. The van der Waals surface area contributed by atoms with Crippen molar-refractivity contribution in [2.75, 3.05) is 45.2 Å². The van der Waals surface area contributed by atoms with Gasteiger partial charge in [0.05, 0.1) is 13.7 Å². The van der Waals surface area contributed by atoms with E-state index >= 15 is 0 Å². The maximum atomic E-state index is 12.6. The molecule has 0 aliphatic carbocycles. The van der Waals surface area contributed by atoms with E-state index in [1.54, 1.807) is 37.4 Å². The number of amides is 1. The molecule has 8 nitrogen and oxygen atoms in total. The summed E-state index contributed by atoms with van der Waals surface area (Å²) in [5.41, 5.74) is 0.664. The number of aromatic nitrogens is 1. The quantitative estimate of drug-likeness (QED) is 0.792. The molecule has 0 bridgehead atoms. The average Bonchev–Trinajstić information content (AvgIpc) is 2.69. The minimum Gasteiger partial charge on any atom is -0.497 e. The Morgan fingerprint density at radius 1 is 1.19 bits per heavy atom. The Kier molecular flexibility index (Phi) is 6.04. The maximum Gasteiger partial charge on any atom is 0.244 e. The van der Waals surface area contributed by atoms with Crippen molar-refractivity contribution in [2.24, 2.45) is 0 Å². The molecule has 1 aliphatic rings. The van der Waals surface area contributed by atoms with Crippen LogP contribution in [0.15, 0.2) is 53.7 Å². The lowest BCUT2D eigenvalue weighted by Crippen LogP contribution is -2.50. The van der Waals surface area contributed by atoms with Crippen LogP contribution in [0.5, 0.6) is 5.75 Å². The SMILES string of the molecule is COc1cccc(NC(=O)CN2CCN(S(=O)(=O)c3cccnc3)CC2)c1. The van der Waals surface area contributed by atoms with Gasteiger partial charge in [0.2, 0.25) is 15.9 Å². The third-order valence-corrected chi connectivity index (χ3v) is 6.21. The zero-order valence-electron chi connectivity index (χ0n) is 15.0. The number of piperazine rings is 1. The molecule has 1 aromatic carbocycles. The summed E-state index contributed by atoms with van der Waals surface area (Å²) in [7, 11) is -1.97. The largest absolute Gasteiger partial charge is 0.497 e. The minimum atomic E-state index is -3.54. The zero-order chi connectivity index (χ0) is 19.3. The van der Waals surface area contributed by atoms with Gasteiger partial charge in [0.25, 0.3) is 0 Å². The molecular weight excluding hydrogens is 368 g/mol. The van der Waals surface area contributed by atoms with E-state index < -0.39 is 10.0 Å². The van der Waals surface area contributed by atoms with Gasteiger partial charge in [-0.2, -0.15) is 4.31 Å². The number of pyridine rings is 1. The normalized spacial score (nSPS) is 16.0. The third kappa shape index (κ3) is 4.82. The van der Waals surface area contributed by atoms with E-state index in [0.29, 0.717) is 37.6 Å². The number of rotatable bonds is 6. The van der Waals surface area contributed by atoms with E-state index in [0.717, 1.165) is 0 Å². The van der Waals surface area contributed by atoms with Crippen molar-refractivity contribution in [2.45, 2.75) is 4.90 Å². The highest BCUT2D eigenvalue weighted by atomic mass is 32.2. The number of carbonyl (C=O) groups is 1. The predicted octanol–water partition coefficient (Wildman–Crippen LogP) is 1.04. The highest BCUT2D eigenvalue weighted by Crippen LogP contribution is 2.18. The number of benzene rings is 1. The number of sulfonamides is 1. The number of nitrogens with zero attached hydrogens (tertiary/aromatic N) is 3. The summed E-state index contributed by atoms with van der Waals surface area (Å²) in [6.07, 6.45) is 2.89. The summed E-state index contributed by atoms with van der Waals surface area (Å²) in [6.45, 7) is 1.86. The van der Waals surface area contributed by atoms with E-state index in [9.17, 15) is 13.2 Å². The molecule has 2 heterocycles. The molecule has 0 saturated carbocycles. The van der Waals surface area contributed by atoms with Crippen LogP contribution in [0.2, 0.25) is 0 Å². The number of anilines is 1. The zero-order valence-corrected chi connectivity index (χ0v) is 15.9. The molecule has 1 aliphatic heterocycles. The Labute approximate surface area is 158 Å². The number of ether oxygens (including phenoxy) is 1. The summed E-state index contributed by atoms with van der Waals surface area (Å²) < 4.78 is 31.8. The average molecular weight is 390 g/mol. The topological polar surface area (TPSA) is 91.8 Å². The van der Waals surface area contributed by atoms with Crippen LogP contribution in [0.1, 0.15) is 0 Å². The Morgan fingerprint density at radius 3 is 2.63 bits per heavy atom. The molecule has 144 valence electrons. The molecule has 0 spiro atoms. The summed E-state index contributed by atoms with van der Waals surface area (Å²) in [5, 5.41) is 2.83. The van der Waals surface area contributed by atoms with Crippen LogP contribution in [0.4, 0.5) is 5.69 Å². The number of nitrogens with one attached hydrogen (secondary N) is 1. The Balaban J connectivity index is 1.52. The number of carbonyl (C=O) groups excluding carboxylic acids is 1. The van der Waals surface area contributed by atoms with Gasteiger partial charge in [0.15, 0.2) is 0 Å². The van der Waals surface area contributed by atoms with Gasteiger partial charge < -0.3 is 10.1 Å². The van der Waals surface area contributed by atoms with Crippen molar-refractivity contribution in [1.29, 1.82) is 0 Å². The van der Waals surface area contributed by atoms with Crippen LogP contribution in [-0.2, 0) is 14.8 Å². The molecular formula is C18H22N4O4S. The van der Waals surface area contributed by atoms with Gasteiger partial charge in [-0.25, -0.2) is 8.42 Å². The molecule has 0 unspecified atom stereocenters. The molecule has 9 heteroatoms. The summed E-state index contributed by atoms with van der Waals surface area (Å²) in [5.74, 6) is 0.522. The van der Waals surface area contributed by atoms with Crippen LogP contribution >= 0.6 is 0 Å². The van der Waals surface area contributed by atoms with Crippen molar-refractivity contribution >= 4 is 21.6 Å². The van der Waals surface area contributed by atoms with E-state index in [2.05, 4.69) is 10.3 Å². The second kappa shape index (κ2) is 8.47. The van der Waals surface area contributed by atoms with Gasteiger partial charge in [0.1, 0.15) is 10.6 Å². The summed E-state index contributed by atoms with van der Waals surface area (Å²) in [6, 6.07) is 10.3. The molecule has 0 atom stereocenters. The second-order valence-corrected chi connectivity index (χ2v) is 8.09. The number of hydrogen-bond acceptors (Lipinski definition) is 6. The van der Waals surface area contributed by atoms with E-state index in [4.69, 9.17) is 4.74 Å². The monoisotopic (exact) mass is 390 g/mol. The molecule has 1 fully saturated rings. The van der Waals surface area contributed by atoms with Gasteiger partial charge in [-0.3, -0.25) is 14.7 Å². The highest BCUT2D eigenvalue weighted by molar-refractivity contribution is 7.89. The van der Waals surface area contributed by atoms with Crippen molar-refractivity contribution in [3.05, 3.63) is 48.8 Å². The minimum absolute atomic E-state index is 0.146. The molecule has 1 N–H and O–H groups in total. The predicted molar refractivity (Wildman–Crippen MR) is 101 cm³/mol. The standard InChI is InChI=1S/C18H22N4O4S/c1-26-16-5-2-4-15(12-16)20-18(23)14-21-8-10-22(11-9-21)27(24,25)17-6-3-7-19-13-17/h2-7,12-13H,8-11,14H2,1H3,(H,20,23). The maximum absolute atomic E-state index is 12.6. The van der Waals surface area contributed by atoms with Crippen LogP contribution in [0, 0.1) is 0 Å². The smallest absolute Gasteiger partial charge is 0.244 e. The van der Waals surface area contributed by atoms with Gasteiger partial charge >= 0.3 is 0 Å². The van der Waals surface area contributed by atoms with Crippen LogP contribution < -0.4 is 10.1 Å². The molecule has 0 radical (unpaired) electrons. The fourth-order valence-corrected chi connectivity index (χ4v) is 4.27. The molecule has 1 amide bonds. The first-order valence-electron chi connectivity index (χ1n) is 8.55. The van der Waals surface area contributed by atoms with Crippen molar-refractivity contribution in [1.82, 2.24) is 14.2 Å². The van der Waals surface area contributed by atoms with Gasteiger partial charge in [-0.05, 0) is 24.3 Å². The molecule has 2 aromatic rings. The lowest BCUT2D eigenvalue weighted by Gasteiger charge is -2.33. The van der Waals surface area contributed by atoms with Crippen LogP contribution in [0.3, 0.4) is 0 Å². The lowest BCUT2D eigenvalue weighted by molar-refractivity contribution is -0.117. The summed E-state index contributed by atoms with van der Waals surface area (Å²) >= 11 is 0. The van der Waals surface area contributed by atoms with Crippen molar-refractivity contribution in [3.63, 3.8) is 0 Å². The first-order chi connectivity index (χ1) is 13.0. The van der Waals surface area contributed by atoms with Crippen molar-refractivity contribution in [3.8, 4) is 5.75 Å². The van der Waals surface area contributed by atoms with Crippen LogP contribution in [0.25, 0.3) is 0 Å². The number of hydrogen-bond donors (Lipinski definition) is 1. The lowest BCUT2D eigenvalue weighted by atomic mass is 10.3. The first-order valence-corrected chi connectivity index (χ1v) is 9.99. The fraction of sp³-hybridized carbons (Fsp3) is 0.333. The molecule has 1 aromatic heterocycles. The molecule has 1 saturated heterocycles. The van der Waals surface area contributed by atoms with Gasteiger partial charge in [-0.1, -0.05) is 6.07 Å². The van der Waals surface area contributed by atoms with Gasteiger partial charge in [-0.15, -0.1) is 0 Å². The van der Waals surface area contributed by atoms with E-state index in [-0.39, 0.29) is 17.3 Å². The van der Waals surface area contributed by atoms with E-state index in [1.165, 1.54) is 22.8 Å². The first kappa shape index (κ1) is 19.3. The fourth-order valence-electron chi connectivity index (χ4n) is 2.88. The van der Waals surface area contributed by atoms with E-state index in [1.807, 2.05) is 4.90 Å².